The van der Waals surface area contributed by atoms with E-state index in [0.29, 0.717) is 28.8 Å². The normalized spacial score (nSPS) is 11.8. The van der Waals surface area contributed by atoms with Crippen molar-refractivity contribution in [3.05, 3.63) is 64.1 Å². The topological polar surface area (TPSA) is 58.6 Å². The van der Waals surface area contributed by atoms with E-state index in [0.717, 1.165) is 5.56 Å². The Kier molecular flexibility index (Phi) is 8.80. The Morgan fingerprint density at radius 1 is 1.07 bits per heavy atom. The van der Waals surface area contributed by atoms with Crippen LogP contribution in [0, 0.1) is 0 Å². The third-order valence-electron chi connectivity index (χ3n) is 4.33. The highest BCUT2D eigenvalue weighted by atomic mass is 35.5. The first-order chi connectivity index (χ1) is 13.8. The zero-order valence-electron chi connectivity index (χ0n) is 16.8. The maximum atomic E-state index is 12.9. The molecule has 0 aliphatic rings. The van der Waals surface area contributed by atoms with Gasteiger partial charge in [-0.3, -0.25) is 9.59 Å². The summed E-state index contributed by atoms with van der Waals surface area (Å²) in [5, 5.41) is 3.66. The zero-order valence-corrected chi connectivity index (χ0v) is 18.3. The molecule has 5 nitrogen and oxygen atoms in total. The highest BCUT2D eigenvalue weighted by Gasteiger charge is 2.26. The fourth-order valence-corrected chi connectivity index (χ4v) is 3.25. The fraction of sp³-hybridized carbons (Fsp3) is 0.364. The van der Waals surface area contributed by atoms with Gasteiger partial charge < -0.3 is 15.0 Å². The van der Waals surface area contributed by atoms with E-state index in [1.807, 2.05) is 44.2 Å². The van der Waals surface area contributed by atoms with Gasteiger partial charge >= 0.3 is 0 Å². The molecule has 29 heavy (non-hydrogen) atoms. The Bertz CT molecular complexity index is 828. The lowest BCUT2D eigenvalue weighted by molar-refractivity contribution is -0.141. The van der Waals surface area contributed by atoms with E-state index in [9.17, 15) is 9.59 Å². The molecule has 0 bridgehead atoms. The second-order valence-corrected chi connectivity index (χ2v) is 7.87. The van der Waals surface area contributed by atoms with Crippen molar-refractivity contribution in [3.8, 4) is 5.75 Å². The van der Waals surface area contributed by atoms with Crippen molar-refractivity contribution in [2.24, 2.45) is 0 Å². The molecule has 0 radical (unpaired) electrons. The van der Waals surface area contributed by atoms with Crippen LogP contribution in [-0.2, 0) is 16.0 Å². The van der Waals surface area contributed by atoms with Gasteiger partial charge in [-0.05, 0) is 51.0 Å². The van der Waals surface area contributed by atoms with E-state index in [4.69, 9.17) is 27.9 Å². The molecule has 2 aromatic carbocycles. The van der Waals surface area contributed by atoms with Crippen LogP contribution in [0.4, 0.5) is 0 Å². The minimum atomic E-state index is -0.627. The van der Waals surface area contributed by atoms with Crippen molar-refractivity contribution >= 4 is 35.0 Å². The SMILES string of the molecule is CC(C)NC(=O)C(C)N(CCc1ccccc1)C(=O)COc1ccc(Cl)cc1Cl. The molecule has 0 aliphatic carbocycles. The molecule has 1 N–H and O–H groups in total. The molecule has 0 spiro atoms. The van der Waals surface area contributed by atoms with Gasteiger partial charge in [0, 0.05) is 17.6 Å². The molecule has 0 fully saturated rings. The Hall–Kier alpha value is -2.24. The summed E-state index contributed by atoms with van der Waals surface area (Å²) in [4.78, 5) is 26.9. The van der Waals surface area contributed by atoms with Crippen molar-refractivity contribution in [2.75, 3.05) is 13.2 Å². The average Bonchev–Trinajstić information content (AvgIpc) is 2.67. The van der Waals surface area contributed by atoms with Crippen molar-refractivity contribution in [1.82, 2.24) is 10.2 Å². The lowest BCUT2D eigenvalue weighted by Gasteiger charge is -2.29. The second kappa shape index (κ2) is 11.1. The minimum Gasteiger partial charge on any atom is -0.482 e. The van der Waals surface area contributed by atoms with Crippen LogP contribution in [0.2, 0.25) is 10.0 Å². The maximum absolute atomic E-state index is 12.9. The number of hydrogen-bond acceptors (Lipinski definition) is 3. The van der Waals surface area contributed by atoms with E-state index in [1.54, 1.807) is 25.1 Å². The molecule has 2 aromatic rings. The van der Waals surface area contributed by atoms with Gasteiger partial charge in [-0.1, -0.05) is 53.5 Å². The van der Waals surface area contributed by atoms with E-state index in [-0.39, 0.29) is 24.5 Å². The van der Waals surface area contributed by atoms with Gasteiger partial charge in [-0.25, -0.2) is 0 Å². The number of halogens is 2. The molecule has 0 saturated heterocycles. The maximum Gasteiger partial charge on any atom is 0.261 e. The van der Waals surface area contributed by atoms with Crippen LogP contribution in [0.25, 0.3) is 0 Å². The van der Waals surface area contributed by atoms with E-state index < -0.39 is 6.04 Å². The predicted octanol–water partition coefficient (Wildman–Crippen LogP) is 4.36. The summed E-state index contributed by atoms with van der Waals surface area (Å²) in [5.41, 5.74) is 1.09. The van der Waals surface area contributed by atoms with Gasteiger partial charge in [-0.2, -0.15) is 0 Å². The van der Waals surface area contributed by atoms with Crippen molar-refractivity contribution in [2.45, 2.75) is 39.3 Å². The molecule has 2 amide bonds. The number of nitrogens with one attached hydrogen (secondary N) is 1. The lowest BCUT2D eigenvalue weighted by Crippen LogP contribution is -2.51. The standard InChI is InChI=1S/C22H26Cl2N2O3/c1-15(2)25-22(28)16(3)26(12-11-17-7-5-4-6-8-17)21(27)14-29-20-10-9-18(23)13-19(20)24/h4-10,13,15-16H,11-12,14H2,1-3H3,(H,25,28). The van der Waals surface area contributed by atoms with Gasteiger partial charge in [0.25, 0.3) is 5.91 Å². The van der Waals surface area contributed by atoms with Crippen LogP contribution in [0.15, 0.2) is 48.5 Å². The van der Waals surface area contributed by atoms with Gasteiger partial charge in [0.05, 0.1) is 5.02 Å². The largest absolute Gasteiger partial charge is 0.482 e. The van der Waals surface area contributed by atoms with Gasteiger partial charge in [0.1, 0.15) is 11.8 Å². The second-order valence-electron chi connectivity index (χ2n) is 7.03. The van der Waals surface area contributed by atoms with Crippen LogP contribution >= 0.6 is 23.2 Å². The molecular weight excluding hydrogens is 411 g/mol. The van der Waals surface area contributed by atoms with Crippen LogP contribution in [-0.4, -0.2) is 41.9 Å². The number of nitrogens with zero attached hydrogens (tertiary/aromatic N) is 1. The molecular formula is C22H26Cl2N2O3. The van der Waals surface area contributed by atoms with Gasteiger partial charge in [0.2, 0.25) is 5.91 Å². The predicted molar refractivity (Wildman–Crippen MR) is 117 cm³/mol. The third-order valence-corrected chi connectivity index (χ3v) is 4.86. The van der Waals surface area contributed by atoms with Crippen molar-refractivity contribution in [1.29, 1.82) is 0 Å². The van der Waals surface area contributed by atoms with Crippen LogP contribution in [0.3, 0.4) is 0 Å². The molecule has 0 saturated carbocycles. The first kappa shape index (κ1) is 23.0. The molecule has 0 aliphatic heterocycles. The average molecular weight is 437 g/mol. The van der Waals surface area contributed by atoms with Gasteiger partial charge in [0.15, 0.2) is 6.61 Å². The first-order valence-corrected chi connectivity index (χ1v) is 10.2. The molecule has 156 valence electrons. The Labute approximate surface area is 181 Å². The summed E-state index contributed by atoms with van der Waals surface area (Å²) in [6, 6.07) is 14.0. The smallest absolute Gasteiger partial charge is 0.261 e. The summed E-state index contributed by atoms with van der Waals surface area (Å²) in [7, 11) is 0. The van der Waals surface area contributed by atoms with Crippen LogP contribution in [0.1, 0.15) is 26.3 Å². The highest BCUT2D eigenvalue weighted by Crippen LogP contribution is 2.27. The van der Waals surface area contributed by atoms with Crippen LogP contribution < -0.4 is 10.1 Å². The Morgan fingerprint density at radius 2 is 1.76 bits per heavy atom. The first-order valence-electron chi connectivity index (χ1n) is 9.49. The van der Waals surface area contributed by atoms with E-state index in [2.05, 4.69) is 5.32 Å². The van der Waals surface area contributed by atoms with E-state index >= 15 is 0 Å². The zero-order chi connectivity index (χ0) is 21.4. The molecule has 7 heteroatoms. The number of hydrogen-bond donors (Lipinski definition) is 1. The summed E-state index contributed by atoms with van der Waals surface area (Å²) in [6.07, 6.45) is 0.633. The minimum absolute atomic E-state index is 0.0138. The summed E-state index contributed by atoms with van der Waals surface area (Å²) >= 11 is 12.0. The van der Waals surface area contributed by atoms with Gasteiger partial charge in [-0.15, -0.1) is 0 Å². The summed E-state index contributed by atoms with van der Waals surface area (Å²) in [6.45, 7) is 5.65. The highest BCUT2D eigenvalue weighted by molar-refractivity contribution is 6.35. The molecule has 0 aromatic heterocycles. The lowest BCUT2D eigenvalue weighted by atomic mass is 10.1. The van der Waals surface area contributed by atoms with Crippen molar-refractivity contribution in [3.63, 3.8) is 0 Å². The molecule has 1 atom stereocenters. The Morgan fingerprint density at radius 3 is 2.38 bits per heavy atom. The number of rotatable bonds is 9. The number of benzene rings is 2. The molecule has 0 heterocycles. The summed E-state index contributed by atoms with van der Waals surface area (Å²) < 4.78 is 5.58. The monoisotopic (exact) mass is 436 g/mol. The van der Waals surface area contributed by atoms with E-state index in [1.165, 1.54) is 4.90 Å². The molecule has 1 unspecified atom stereocenters. The van der Waals surface area contributed by atoms with Crippen LogP contribution in [0.5, 0.6) is 5.75 Å². The Balaban J connectivity index is 2.09. The fourth-order valence-electron chi connectivity index (χ4n) is 2.79. The summed E-state index contributed by atoms with van der Waals surface area (Å²) in [5.74, 6) is -0.129. The number of ether oxygens (including phenoxy) is 1. The number of carbonyl (C=O) groups excluding carboxylic acids is 2. The quantitative estimate of drug-likeness (QED) is 0.635. The third kappa shape index (κ3) is 7.26. The molecule has 2 rings (SSSR count). The van der Waals surface area contributed by atoms with Crippen molar-refractivity contribution < 1.29 is 14.3 Å². The number of carbonyl (C=O) groups is 2. The number of amides is 2.